The topological polar surface area (TPSA) is 43.2 Å². The third-order valence-corrected chi connectivity index (χ3v) is 3.56. The number of likely N-dealkylation sites (N-methyl/N-ethyl adjacent to an activating group) is 1. The van der Waals surface area contributed by atoms with Crippen LogP contribution in [0.3, 0.4) is 0 Å². The molecule has 1 saturated heterocycles. The molecule has 2 heterocycles. The van der Waals surface area contributed by atoms with Gasteiger partial charge >= 0.3 is 0 Å². The standard InChI is InChI=1S/C14H20N4/c1-12-5-6-16-14(13(12)11-15)17(2)9-10-18-7-3-4-8-18/h5-6H,3-4,7-10H2,1-2H3. The number of hydrogen-bond acceptors (Lipinski definition) is 4. The Morgan fingerprint density at radius 1 is 1.44 bits per heavy atom. The Hall–Kier alpha value is -1.60. The number of pyridine rings is 1. The van der Waals surface area contributed by atoms with Crippen LogP contribution in [0, 0.1) is 18.3 Å². The second kappa shape index (κ2) is 5.83. The van der Waals surface area contributed by atoms with Gasteiger partial charge in [0.1, 0.15) is 11.9 Å². The van der Waals surface area contributed by atoms with Gasteiger partial charge in [-0.1, -0.05) is 0 Å². The summed E-state index contributed by atoms with van der Waals surface area (Å²) in [5.74, 6) is 0.802. The number of rotatable bonds is 4. The largest absolute Gasteiger partial charge is 0.357 e. The fourth-order valence-corrected chi connectivity index (χ4v) is 2.38. The van der Waals surface area contributed by atoms with Crippen molar-refractivity contribution in [3.8, 4) is 6.07 Å². The molecule has 96 valence electrons. The van der Waals surface area contributed by atoms with Crippen LogP contribution < -0.4 is 4.90 Å². The van der Waals surface area contributed by atoms with E-state index in [1.807, 2.05) is 20.0 Å². The van der Waals surface area contributed by atoms with E-state index in [0.717, 1.165) is 24.5 Å². The monoisotopic (exact) mass is 244 g/mol. The summed E-state index contributed by atoms with van der Waals surface area (Å²) in [7, 11) is 2.01. The van der Waals surface area contributed by atoms with E-state index in [0.29, 0.717) is 5.56 Å². The molecule has 1 aromatic rings. The van der Waals surface area contributed by atoms with E-state index < -0.39 is 0 Å². The molecule has 1 aliphatic heterocycles. The van der Waals surface area contributed by atoms with Crippen LogP contribution in [0.4, 0.5) is 5.82 Å². The minimum Gasteiger partial charge on any atom is -0.357 e. The highest BCUT2D eigenvalue weighted by atomic mass is 15.2. The number of aryl methyl sites for hydroxylation is 1. The summed E-state index contributed by atoms with van der Waals surface area (Å²) in [4.78, 5) is 8.90. The fraction of sp³-hybridized carbons (Fsp3) is 0.571. The van der Waals surface area contributed by atoms with Crippen molar-refractivity contribution >= 4 is 5.82 Å². The molecule has 0 N–H and O–H groups in total. The third kappa shape index (κ3) is 2.80. The van der Waals surface area contributed by atoms with Gasteiger partial charge in [0.2, 0.25) is 0 Å². The van der Waals surface area contributed by atoms with E-state index in [1.165, 1.54) is 25.9 Å². The predicted molar refractivity (Wildman–Crippen MR) is 72.6 cm³/mol. The van der Waals surface area contributed by atoms with Crippen LogP contribution in [0.15, 0.2) is 12.3 Å². The number of hydrogen-bond donors (Lipinski definition) is 0. The number of aromatic nitrogens is 1. The van der Waals surface area contributed by atoms with E-state index >= 15 is 0 Å². The number of nitrogens with zero attached hydrogens (tertiary/aromatic N) is 4. The first-order chi connectivity index (χ1) is 8.72. The van der Waals surface area contributed by atoms with Crippen molar-refractivity contribution < 1.29 is 0 Å². The Morgan fingerprint density at radius 2 is 2.17 bits per heavy atom. The lowest BCUT2D eigenvalue weighted by molar-refractivity contribution is 0.346. The van der Waals surface area contributed by atoms with Crippen molar-refractivity contribution in [2.45, 2.75) is 19.8 Å². The molecule has 18 heavy (non-hydrogen) atoms. The molecule has 0 amide bonds. The molecule has 0 unspecified atom stereocenters. The van der Waals surface area contributed by atoms with Crippen molar-refractivity contribution in [2.24, 2.45) is 0 Å². The first-order valence-corrected chi connectivity index (χ1v) is 6.51. The minimum absolute atomic E-state index is 0.696. The zero-order chi connectivity index (χ0) is 13.0. The molecule has 1 aliphatic rings. The Labute approximate surface area is 109 Å². The average molecular weight is 244 g/mol. The van der Waals surface area contributed by atoms with Crippen LogP contribution in [-0.4, -0.2) is 43.1 Å². The molecule has 0 bridgehead atoms. The molecular formula is C14H20N4. The summed E-state index contributed by atoms with van der Waals surface area (Å²) >= 11 is 0. The normalized spacial score (nSPS) is 15.6. The first kappa shape index (κ1) is 12.8. The minimum atomic E-state index is 0.696. The molecule has 1 fully saturated rings. The Bertz CT molecular complexity index is 444. The van der Waals surface area contributed by atoms with Gasteiger partial charge in [0, 0.05) is 26.3 Å². The smallest absolute Gasteiger partial charge is 0.146 e. The van der Waals surface area contributed by atoms with Gasteiger partial charge in [0.15, 0.2) is 0 Å². The van der Waals surface area contributed by atoms with Gasteiger partial charge in [-0.25, -0.2) is 4.98 Å². The van der Waals surface area contributed by atoms with Crippen molar-refractivity contribution in [1.29, 1.82) is 5.26 Å². The second-order valence-electron chi connectivity index (χ2n) is 4.91. The highest BCUT2D eigenvalue weighted by molar-refractivity contribution is 5.56. The van der Waals surface area contributed by atoms with Crippen LogP contribution in [0.1, 0.15) is 24.0 Å². The van der Waals surface area contributed by atoms with Crippen LogP contribution in [0.2, 0.25) is 0 Å². The van der Waals surface area contributed by atoms with Crippen molar-refractivity contribution in [3.63, 3.8) is 0 Å². The van der Waals surface area contributed by atoms with Crippen molar-refractivity contribution in [1.82, 2.24) is 9.88 Å². The Balaban J connectivity index is 2.02. The number of nitriles is 1. The maximum atomic E-state index is 9.20. The molecular weight excluding hydrogens is 224 g/mol. The van der Waals surface area contributed by atoms with Crippen LogP contribution in [0.25, 0.3) is 0 Å². The van der Waals surface area contributed by atoms with Crippen molar-refractivity contribution in [3.05, 3.63) is 23.4 Å². The van der Waals surface area contributed by atoms with Gasteiger partial charge in [-0.3, -0.25) is 0 Å². The highest BCUT2D eigenvalue weighted by Crippen LogP contribution is 2.18. The van der Waals surface area contributed by atoms with E-state index in [1.54, 1.807) is 6.20 Å². The quantitative estimate of drug-likeness (QED) is 0.810. The molecule has 0 spiro atoms. The van der Waals surface area contributed by atoms with Crippen molar-refractivity contribution in [2.75, 3.05) is 38.1 Å². The molecule has 0 aromatic carbocycles. The summed E-state index contributed by atoms with van der Waals surface area (Å²) in [6.07, 6.45) is 4.41. The maximum Gasteiger partial charge on any atom is 0.146 e. The first-order valence-electron chi connectivity index (χ1n) is 6.51. The molecule has 0 atom stereocenters. The van der Waals surface area contributed by atoms with Crippen LogP contribution in [0.5, 0.6) is 0 Å². The molecule has 1 aromatic heterocycles. The van der Waals surface area contributed by atoms with Crippen LogP contribution in [-0.2, 0) is 0 Å². The van der Waals surface area contributed by atoms with Gasteiger partial charge in [-0.2, -0.15) is 5.26 Å². The van der Waals surface area contributed by atoms with E-state index in [4.69, 9.17) is 0 Å². The molecule has 0 aliphatic carbocycles. The predicted octanol–water partition coefficient (Wildman–Crippen LogP) is 1.79. The molecule has 0 saturated carbocycles. The Morgan fingerprint density at radius 3 is 2.83 bits per heavy atom. The summed E-state index contributed by atoms with van der Waals surface area (Å²) in [6, 6.07) is 4.14. The fourth-order valence-electron chi connectivity index (χ4n) is 2.38. The van der Waals surface area contributed by atoms with Gasteiger partial charge in [-0.15, -0.1) is 0 Å². The van der Waals surface area contributed by atoms with Gasteiger partial charge in [0.25, 0.3) is 0 Å². The average Bonchev–Trinajstić information content (AvgIpc) is 2.88. The molecule has 4 nitrogen and oxygen atoms in total. The number of anilines is 1. The zero-order valence-electron chi connectivity index (χ0n) is 11.2. The second-order valence-corrected chi connectivity index (χ2v) is 4.91. The lowest BCUT2D eigenvalue weighted by Gasteiger charge is -2.23. The SMILES string of the molecule is Cc1ccnc(N(C)CCN2CCCC2)c1C#N. The summed E-state index contributed by atoms with van der Waals surface area (Å²) < 4.78 is 0. The Kier molecular flexibility index (Phi) is 4.16. The van der Waals surface area contributed by atoms with E-state index in [9.17, 15) is 5.26 Å². The maximum absolute atomic E-state index is 9.20. The number of likely N-dealkylation sites (tertiary alicyclic amines) is 1. The molecule has 0 radical (unpaired) electrons. The summed E-state index contributed by atoms with van der Waals surface area (Å²) in [5.41, 5.74) is 1.69. The van der Waals surface area contributed by atoms with Gasteiger partial charge in [0.05, 0.1) is 5.56 Å². The highest BCUT2D eigenvalue weighted by Gasteiger charge is 2.14. The molecule has 2 rings (SSSR count). The van der Waals surface area contributed by atoms with Gasteiger partial charge < -0.3 is 9.80 Å². The lowest BCUT2D eigenvalue weighted by Crippen LogP contribution is -2.32. The van der Waals surface area contributed by atoms with Crippen LogP contribution >= 0.6 is 0 Å². The van der Waals surface area contributed by atoms with Gasteiger partial charge in [-0.05, 0) is 44.5 Å². The lowest BCUT2D eigenvalue weighted by atomic mass is 10.1. The van der Waals surface area contributed by atoms with E-state index in [-0.39, 0.29) is 0 Å². The molecule has 4 heteroatoms. The summed E-state index contributed by atoms with van der Waals surface area (Å²) in [5, 5.41) is 9.20. The van der Waals surface area contributed by atoms with E-state index in [2.05, 4.69) is 20.9 Å². The summed E-state index contributed by atoms with van der Waals surface area (Å²) in [6.45, 7) is 6.35. The zero-order valence-corrected chi connectivity index (χ0v) is 11.2. The third-order valence-electron chi connectivity index (χ3n) is 3.56.